The van der Waals surface area contributed by atoms with Crippen LogP contribution in [0.2, 0.25) is 5.28 Å². The smallest absolute Gasteiger partial charge is 0.338 e. The van der Waals surface area contributed by atoms with Gasteiger partial charge in [-0.3, -0.25) is 9.13 Å². The number of carbonyl (C=O) groups is 2. The van der Waals surface area contributed by atoms with Gasteiger partial charge in [0.25, 0.3) is 0 Å². The number of ether oxygens (including phenoxy) is 3. The van der Waals surface area contributed by atoms with E-state index in [1.54, 1.807) is 41.4 Å². The maximum absolute atomic E-state index is 13.1. The van der Waals surface area contributed by atoms with Crippen LogP contribution < -0.4 is 0 Å². The number of hydrogen-bond donors (Lipinski definition) is 0. The Bertz CT molecular complexity index is 1800. The second kappa shape index (κ2) is 12.6. The molecule has 5 aromatic rings. The number of aromatic nitrogens is 6. The Labute approximate surface area is 258 Å². The number of rotatable bonds is 9. The number of carbonyl (C=O) groups excluding carboxylic acids is 2. The van der Waals surface area contributed by atoms with E-state index < -0.39 is 30.4 Å². The fourth-order valence-corrected chi connectivity index (χ4v) is 5.32. The van der Waals surface area contributed by atoms with Gasteiger partial charge in [-0.25, -0.2) is 19.6 Å². The van der Waals surface area contributed by atoms with Gasteiger partial charge >= 0.3 is 11.9 Å². The Kier molecular flexibility index (Phi) is 8.40. The Hall–Kier alpha value is -4.61. The van der Waals surface area contributed by atoms with E-state index in [4.69, 9.17) is 25.8 Å². The summed E-state index contributed by atoms with van der Waals surface area (Å²) in [6.45, 7) is 5.83. The summed E-state index contributed by atoms with van der Waals surface area (Å²) in [5.41, 5.74) is 3.84. The minimum Gasteiger partial charge on any atom is -0.459 e. The third-order valence-electron chi connectivity index (χ3n) is 7.50. The zero-order valence-corrected chi connectivity index (χ0v) is 25.3. The van der Waals surface area contributed by atoms with Crippen LogP contribution in [-0.2, 0) is 20.6 Å². The van der Waals surface area contributed by atoms with Crippen LogP contribution in [0.5, 0.6) is 0 Å². The molecule has 1 fully saturated rings. The van der Waals surface area contributed by atoms with E-state index in [0.29, 0.717) is 28.1 Å². The molecule has 226 valence electrons. The van der Waals surface area contributed by atoms with E-state index >= 15 is 0 Å². The van der Waals surface area contributed by atoms with Gasteiger partial charge < -0.3 is 14.2 Å². The molecule has 0 radical (unpaired) electrons. The van der Waals surface area contributed by atoms with Crippen molar-refractivity contribution in [1.29, 1.82) is 0 Å². The van der Waals surface area contributed by atoms with E-state index in [0.717, 1.165) is 29.8 Å². The van der Waals surface area contributed by atoms with Crippen LogP contribution in [0.15, 0.2) is 67.3 Å². The second-order valence-corrected chi connectivity index (χ2v) is 11.1. The highest BCUT2D eigenvalue weighted by Gasteiger charge is 2.41. The topological polar surface area (TPSA) is 123 Å². The van der Waals surface area contributed by atoms with E-state index in [1.807, 2.05) is 48.9 Å². The SMILES string of the molecule is CCCc1nccn1-c1nc(Cl)nc2c1ncn2[C@@H]1C[C@H](OC(=O)c2ccc(C)cc2)[C@@H](COC(=O)c2ccc(C)cc2)O1. The quantitative estimate of drug-likeness (QED) is 0.154. The van der Waals surface area contributed by atoms with Gasteiger partial charge in [-0.2, -0.15) is 9.97 Å². The van der Waals surface area contributed by atoms with Gasteiger partial charge in [0.2, 0.25) is 5.28 Å². The number of benzene rings is 2. The fraction of sp³-hybridized carbons (Fsp3) is 0.312. The van der Waals surface area contributed by atoms with Gasteiger partial charge in [0.05, 0.1) is 17.5 Å². The minimum absolute atomic E-state index is 0.0364. The first-order valence-electron chi connectivity index (χ1n) is 14.4. The number of hydrogen-bond acceptors (Lipinski definition) is 9. The largest absolute Gasteiger partial charge is 0.459 e. The lowest BCUT2D eigenvalue weighted by Gasteiger charge is -2.19. The fourth-order valence-electron chi connectivity index (χ4n) is 5.16. The van der Waals surface area contributed by atoms with Crippen molar-refractivity contribution in [2.75, 3.05) is 6.61 Å². The number of esters is 2. The number of fused-ring (bicyclic) bond motifs is 1. The average molecular weight is 615 g/mol. The molecular weight excluding hydrogens is 584 g/mol. The van der Waals surface area contributed by atoms with Crippen LogP contribution in [0.1, 0.15) is 63.7 Å². The standard InChI is InChI=1S/C32H31ClN6O5/c1-4-5-25-34-14-15-38(25)28-27-29(37-32(33)36-28)39(18-35-27)26-16-23(44-31(41)22-12-8-20(3)9-13-22)24(43-26)17-42-30(40)21-10-6-19(2)7-11-21/h6-15,18,23-24,26H,4-5,16-17H2,1-3H3/t23-,24+,26-/m0/s1. The molecule has 0 saturated carbocycles. The highest BCUT2D eigenvalue weighted by atomic mass is 35.5. The van der Waals surface area contributed by atoms with Gasteiger partial charge in [-0.15, -0.1) is 0 Å². The number of imidazole rings is 2. The molecule has 0 N–H and O–H groups in total. The molecule has 0 amide bonds. The van der Waals surface area contributed by atoms with Crippen LogP contribution in [0, 0.1) is 13.8 Å². The molecule has 12 heteroatoms. The van der Waals surface area contributed by atoms with Crippen LogP contribution in [-0.4, -0.2) is 59.8 Å². The Morgan fingerprint density at radius 2 is 1.66 bits per heavy atom. The minimum atomic E-state index is -0.747. The predicted molar refractivity (Wildman–Crippen MR) is 162 cm³/mol. The van der Waals surface area contributed by atoms with E-state index in [2.05, 4.69) is 26.9 Å². The molecule has 11 nitrogen and oxygen atoms in total. The van der Waals surface area contributed by atoms with Gasteiger partial charge in [0, 0.05) is 25.2 Å². The second-order valence-electron chi connectivity index (χ2n) is 10.7. The van der Waals surface area contributed by atoms with Gasteiger partial charge in [0.15, 0.2) is 17.0 Å². The maximum atomic E-state index is 13.1. The van der Waals surface area contributed by atoms with Crippen LogP contribution >= 0.6 is 11.6 Å². The lowest BCUT2D eigenvalue weighted by molar-refractivity contribution is -0.0563. The molecule has 1 aliphatic rings. The molecule has 2 aromatic carbocycles. The molecule has 1 aliphatic heterocycles. The third-order valence-corrected chi connectivity index (χ3v) is 7.67. The van der Waals surface area contributed by atoms with Crippen LogP contribution in [0.3, 0.4) is 0 Å². The first-order valence-corrected chi connectivity index (χ1v) is 14.8. The zero-order chi connectivity index (χ0) is 30.8. The molecule has 6 rings (SSSR count). The molecule has 4 heterocycles. The Morgan fingerprint density at radius 1 is 0.977 bits per heavy atom. The van der Waals surface area contributed by atoms with Crippen molar-refractivity contribution < 1.29 is 23.8 Å². The summed E-state index contributed by atoms with van der Waals surface area (Å²) in [4.78, 5) is 43.9. The average Bonchev–Trinajstić information content (AvgIpc) is 3.75. The first kappa shape index (κ1) is 29.5. The molecule has 3 atom stereocenters. The lowest BCUT2D eigenvalue weighted by Crippen LogP contribution is -2.32. The molecule has 3 aromatic heterocycles. The maximum Gasteiger partial charge on any atom is 0.338 e. The van der Waals surface area contributed by atoms with Crippen molar-refractivity contribution in [3.8, 4) is 5.82 Å². The summed E-state index contributed by atoms with van der Waals surface area (Å²) >= 11 is 6.40. The van der Waals surface area contributed by atoms with Crippen molar-refractivity contribution in [2.45, 2.75) is 58.5 Å². The number of nitrogens with zero attached hydrogens (tertiary/aromatic N) is 6. The molecule has 0 bridgehead atoms. The van der Waals surface area contributed by atoms with Crippen LogP contribution in [0.25, 0.3) is 17.0 Å². The van der Waals surface area contributed by atoms with Crippen LogP contribution in [0.4, 0.5) is 0 Å². The predicted octanol–water partition coefficient (Wildman–Crippen LogP) is 5.60. The van der Waals surface area contributed by atoms with Crippen molar-refractivity contribution in [1.82, 2.24) is 29.1 Å². The van der Waals surface area contributed by atoms with Crippen molar-refractivity contribution in [2.24, 2.45) is 0 Å². The summed E-state index contributed by atoms with van der Waals surface area (Å²) in [6.07, 6.45) is 4.92. The van der Waals surface area contributed by atoms with Crippen molar-refractivity contribution in [3.05, 3.63) is 101 Å². The van der Waals surface area contributed by atoms with Crippen molar-refractivity contribution >= 4 is 34.7 Å². The molecule has 44 heavy (non-hydrogen) atoms. The van der Waals surface area contributed by atoms with Gasteiger partial charge in [-0.1, -0.05) is 42.3 Å². The zero-order valence-electron chi connectivity index (χ0n) is 24.5. The summed E-state index contributed by atoms with van der Waals surface area (Å²) in [5, 5.41) is 0.0364. The normalized spacial score (nSPS) is 18.0. The molecule has 0 unspecified atom stereocenters. The monoisotopic (exact) mass is 614 g/mol. The summed E-state index contributed by atoms with van der Waals surface area (Å²) in [6, 6.07) is 14.2. The molecule has 1 saturated heterocycles. The molecule has 0 spiro atoms. The third kappa shape index (κ3) is 6.06. The highest BCUT2D eigenvalue weighted by molar-refractivity contribution is 6.28. The van der Waals surface area contributed by atoms with E-state index in [1.165, 1.54) is 0 Å². The van der Waals surface area contributed by atoms with E-state index in [-0.39, 0.29) is 18.3 Å². The Balaban J connectivity index is 1.28. The van der Waals surface area contributed by atoms with Crippen molar-refractivity contribution in [3.63, 3.8) is 0 Å². The van der Waals surface area contributed by atoms with Gasteiger partial charge in [0.1, 0.15) is 30.9 Å². The summed E-state index contributed by atoms with van der Waals surface area (Å²) < 4.78 is 21.5. The van der Waals surface area contributed by atoms with E-state index in [9.17, 15) is 9.59 Å². The Morgan fingerprint density at radius 3 is 2.34 bits per heavy atom. The highest BCUT2D eigenvalue weighted by Crippen LogP contribution is 2.34. The molecular formula is C32H31ClN6O5. The van der Waals surface area contributed by atoms with Gasteiger partial charge in [-0.05, 0) is 56.1 Å². The number of aryl methyl sites for hydroxylation is 3. The molecule has 0 aliphatic carbocycles. The summed E-state index contributed by atoms with van der Waals surface area (Å²) in [5.74, 6) is 0.333. The summed E-state index contributed by atoms with van der Waals surface area (Å²) in [7, 11) is 0. The number of halogens is 1. The lowest BCUT2D eigenvalue weighted by atomic mass is 10.1. The first-order chi connectivity index (χ1) is 21.3.